The highest BCUT2D eigenvalue weighted by Crippen LogP contribution is 2.40. The fraction of sp³-hybridized carbons (Fsp3) is 0.333. The summed E-state index contributed by atoms with van der Waals surface area (Å²) in [6.45, 7) is 4.32. The van der Waals surface area contributed by atoms with Crippen LogP contribution in [0.25, 0.3) is 5.76 Å². The highest BCUT2D eigenvalue weighted by Gasteiger charge is 2.46. The summed E-state index contributed by atoms with van der Waals surface area (Å²) in [4.78, 5) is 38.0. The average Bonchev–Trinajstić information content (AvgIpc) is 3.01. The number of Topliss-reactive ketones (excluding diaryl/α,β-unsaturated/α-hetero) is 1. The molecule has 162 valence electrons. The van der Waals surface area contributed by atoms with Crippen LogP contribution in [0, 0.1) is 17.0 Å². The molecule has 1 unspecified atom stereocenters. The number of nitrogens with zero attached hydrogens (tertiary/aromatic N) is 2. The van der Waals surface area contributed by atoms with Crippen molar-refractivity contribution in [3.63, 3.8) is 0 Å². The second kappa shape index (κ2) is 9.55. The minimum absolute atomic E-state index is 0.0372. The molecular weight excluding hydrogens is 396 g/mol. The molecular formula is C24H26N2O5. The molecule has 0 saturated carbocycles. The molecule has 0 spiro atoms. The van der Waals surface area contributed by atoms with Gasteiger partial charge in [0, 0.05) is 24.2 Å². The Labute approximate surface area is 181 Å². The van der Waals surface area contributed by atoms with Gasteiger partial charge < -0.3 is 10.0 Å². The Morgan fingerprint density at radius 2 is 1.81 bits per heavy atom. The summed E-state index contributed by atoms with van der Waals surface area (Å²) in [7, 11) is 0. The van der Waals surface area contributed by atoms with Crippen LogP contribution < -0.4 is 0 Å². The standard InChI is InChI=1S/C24H26N2O5/c1-3-4-5-6-14-25-21(18-8-7-9-19(15-18)26(30)31)20(23(28)24(25)29)22(27)17-12-10-16(2)11-13-17/h7-13,15,21,27H,3-6,14H2,1-2H3/b22-20+. The molecule has 1 N–H and O–H groups in total. The molecule has 31 heavy (non-hydrogen) atoms. The number of aliphatic hydroxyl groups is 1. The molecule has 2 aromatic rings. The van der Waals surface area contributed by atoms with Gasteiger partial charge in [-0.3, -0.25) is 19.7 Å². The maximum absolute atomic E-state index is 12.9. The minimum atomic E-state index is -0.872. The third-order valence-electron chi connectivity index (χ3n) is 5.51. The number of benzene rings is 2. The summed E-state index contributed by atoms with van der Waals surface area (Å²) in [5.74, 6) is -1.74. The van der Waals surface area contributed by atoms with Crippen LogP contribution in [0.3, 0.4) is 0 Å². The highest BCUT2D eigenvalue weighted by molar-refractivity contribution is 6.46. The van der Waals surface area contributed by atoms with Crippen molar-refractivity contribution in [1.29, 1.82) is 0 Å². The third kappa shape index (κ3) is 4.66. The van der Waals surface area contributed by atoms with Crippen LogP contribution >= 0.6 is 0 Å². The van der Waals surface area contributed by atoms with Gasteiger partial charge in [0.05, 0.1) is 16.5 Å². The van der Waals surface area contributed by atoms with Gasteiger partial charge in [-0.15, -0.1) is 0 Å². The Balaban J connectivity index is 2.10. The van der Waals surface area contributed by atoms with Gasteiger partial charge in [0.25, 0.3) is 17.4 Å². The van der Waals surface area contributed by atoms with Crippen LogP contribution in [0.15, 0.2) is 54.1 Å². The first-order chi connectivity index (χ1) is 14.8. The predicted octanol–water partition coefficient (Wildman–Crippen LogP) is 4.91. The fourth-order valence-corrected chi connectivity index (χ4v) is 3.84. The second-order valence-corrected chi connectivity index (χ2v) is 7.77. The number of unbranched alkanes of at least 4 members (excludes halogenated alkanes) is 3. The van der Waals surface area contributed by atoms with Gasteiger partial charge in [-0.2, -0.15) is 0 Å². The zero-order valence-electron chi connectivity index (χ0n) is 17.7. The van der Waals surface area contributed by atoms with E-state index in [0.29, 0.717) is 24.1 Å². The summed E-state index contributed by atoms with van der Waals surface area (Å²) in [5.41, 5.74) is 1.67. The van der Waals surface area contributed by atoms with E-state index in [1.54, 1.807) is 30.3 Å². The lowest BCUT2D eigenvalue weighted by Crippen LogP contribution is -2.30. The minimum Gasteiger partial charge on any atom is -0.507 e. The number of ketones is 1. The molecule has 1 heterocycles. The van der Waals surface area contributed by atoms with Crippen molar-refractivity contribution in [2.24, 2.45) is 0 Å². The summed E-state index contributed by atoms with van der Waals surface area (Å²) < 4.78 is 0. The number of hydrogen-bond acceptors (Lipinski definition) is 5. The number of likely N-dealkylation sites (tertiary alicyclic amines) is 1. The van der Waals surface area contributed by atoms with Crippen molar-refractivity contribution < 1.29 is 19.6 Å². The molecule has 1 atom stereocenters. The Kier molecular flexibility index (Phi) is 6.84. The number of hydrogen-bond donors (Lipinski definition) is 1. The van der Waals surface area contributed by atoms with Gasteiger partial charge in [-0.1, -0.05) is 68.1 Å². The van der Waals surface area contributed by atoms with Crippen molar-refractivity contribution >= 4 is 23.1 Å². The largest absolute Gasteiger partial charge is 0.507 e. The van der Waals surface area contributed by atoms with Crippen LogP contribution in [0.2, 0.25) is 0 Å². The lowest BCUT2D eigenvalue weighted by atomic mass is 9.94. The molecule has 7 nitrogen and oxygen atoms in total. The van der Waals surface area contributed by atoms with E-state index in [1.807, 2.05) is 6.92 Å². The van der Waals surface area contributed by atoms with E-state index in [4.69, 9.17) is 0 Å². The topological polar surface area (TPSA) is 101 Å². The van der Waals surface area contributed by atoms with Gasteiger partial charge in [-0.25, -0.2) is 0 Å². The maximum Gasteiger partial charge on any atom is 0.295 e. The molecule has 0 aliphatic carbocycles. The zero-order valence-corrected chi connectivity index (χ0v) is 17.7. The number of aryl methyl sites for hydroxylation is 1. The first kappa shape index (κ1) is 22.2. The number of aliphatic hydroxyl groups excluding tert-OH is 1. The lowest BCUT2D eigenvalue weighted by Gasteiger charge is -2.25. The van der Waals surface area contributed by atoms with Crippen molar-refractivity contribution in [1.82, 2.24) is 4.90 Å². The molecule has 3 rings (SSSR count). The van der Waals surface area contributed by atoms with Crippen LogP contribution in [0.1, 0.15) is 55.3 Å². The molecule has 1 fully saturated rings. The molecule has 0 radical (unpaired) electrons. The Bertz CT molecular complexity index is 1030. The smallest absolute Gasteiger partial charge is 0.295 e. The first-order valence-corrected chi connectivity index (χ1v) is 10.4. The molecule has 1 aliphatic rings. The van der Waals surface area contributed by atoms with Crippen molar-refractivity contribution in [2.45, 2.75) is 45.6 Å². The number of nitro groups is 1. The number of non-ortho nitro benzene ring substituents is 1. The van der Waals surface area contributed by atoms with Crippen LogP contribution in [-0.4, -0.2) is 33.2 Å². The number of amides is 1. The van der Waals surface area contributed by atoms with Gasteiger partial charge in [-0.05, 0) is 18.9 Å². The van der Waals surface area contributed by atoms with Gasteiger partial charge in [0.1, 0.15) is 5.76 Å². The SMILES string of the molecule is CCCCCCN1C(=O)C(=O)/C(=C(/O)c2ccc(C)cc2)C1c1cccc([N+](=O)[O-])c1. The maximum atomic E-state index is 12.9. The van der Waals surface area contributed by atoms with Crippen molar-refractivity contribution in [3.05, 3.63) is 80.9 Å². The molecule has 7 heteroatoms. The number of nitro benzene ring substituents is 1. The number of rotatable bonds is 8. The Morgan fingerprint density at radius 1 is 1.10 bits per heavy atom. The van der Waals surface area contributed by atoms with E-state index in [2.05, 4.69) is 6.92 Å². The Hall–Kier alpha value is -3.48. The molecule has 1 saturated heterocycles. The van der Waals surface area contributed by atoms with Gasteiger partial charge >= 0.3 is 0 Å². The lowest BCUT2D eigenvalue weighted by molar-refractivity contribution is -0.384. The molecule has 1 amide bonds. The predicted molar refractivity (Wildman–Crippen MR) is 117 cm³/mol. The zero-order chi connectivity index (χ0) is 22.5. The quantitative estimate of drug-likeness (QED) is 0.163. The number of carbonyl (C=O) groups excluding carboxylic acids is 2. The van der Waals surface area contributed by atoms with E-state index in [9.17, 15) is 24.8 Å². The van der Waals surface area contributed by atoms with Gasteiger partial charge in [0.2, 0.25) is 0 Å². The second-order valence-electron chi connectivity index (χ2n) is 7.77. The van der Waals surface area contributed by atoms with Gasteiger partial charge in [0.15, 0.2) is 0 Å². The monoisotopic (exact) mass is 422 g/mol. The Morgan fingerprint density at radius 3 is 2.45 bits per heavy atom. The van der Waals surface area contributed by atoms with E-state index in [0.717, 1.165) is 24.8 Å². The van der Waals surface area contributed by atoms with Crippen LogP contribution in [0.5, 0.6) is 0 Å². The van der Waals surface area contributed by atoms with Crippen LogP contribution in [0.4, 0.5) is 5.69 Å². The van der Waals surface area contributed by atoms with E-state index in [-0.39, 0.29) is 17.0 Å². The van der Waals surface area contributed by atoms with Crippen LogP contribution in [-0.2, 0) is 9.59 Å². The first-order valence-electron chi connectivity index (χ1n) is 10.4. The number of carbonyl (C=O) groups is 2. The van der Waals surface area contributed by atoms with E-state index in [1.165, 1.54) is 23.1 Å². The molecule has 0 bridgehead atoms. The molecule has 0 aromatic heterocycles. The summed E-state index contributed by atoms with van der Waals surface area (Å²) in [6.07, 6.45) is 3.64. The summed E-state index contributed by atoms with van der Waals surface area (Å²) in [6, 6.07) is 12.0. The van der Waals surface area contributed by atoms with Crippen molar-refractivity contribution in [3.8, 4) is 0 Å². The van der Waals surface area contributed by atoms with Crippen molar-refractivity contribution in [2.75, 3.05) is 6.54 Å². The van der Waals surface area contributed by atoms with E-state index < -0.39 is 22.7 Å². The summed E-state index contributed by atoms with van der Waals surface area (Å²) >= 11 is 0. The van der Waals surface area contributed by atoms with E-state index >= 15 is 0 Å². The third-order valence-corrected chi connectivity index (χ3v) is 5.51. The highest BCUT2D eigenvalue weighted by atomic mass is 16.6. The summed E-state index contributed by atoms with van der Waals surface area (Å²) in [5, 5.41) is 22.3. The normalized spacial score (nSPS) is 17.9. The molecule has 1 aliphatic heterocycles. The molecule has 2 aromatic carbocycles. The average molecular weight is 422 g/mol. The fourth-order valence-electron chi connectivity index (χ4n) is 3.84.